The molecule has 472 valence electrons. The first-order valence-electron chi connectivity index (χ1n) is 33.1. The van der Waals surface area contributed by atoms with Crippen LogP contribution in [0.1, 0.15) is 290 Å². The molecule has 0 fully saturated rings. The number of aliphatic hydroxyl groups is 1. The van der Waals surface area contributed by atoms with Crippen LogP contribution in [0.4, 0.5) is 0 Å². The number of ether oxygens (including phenoxy) is 3. The van der Waals surface area contributed by atoms with Gasteiger partial charge in [0, 0.05) is 19.3 Å². The molecular formula is C70H121O11P. The molecule has 0 aliphatic carbocycles. The van der Waals surface area contributed by atoms with E-state index in [0.717, 1.165) is 122 Å². The largest absolute Gasteiger partial charge is 0.472 e. The standard InChI is InChI=1S/C70H121O11P/c1-4-7-10-13-16-19-22-25-28-31-33-36-38-41-44-47-50-53-56-59-68(72)77-63-67(81-70(74)61-58-55-52-49-46-43-40-37-34-32-29-26-23-20-17-14-11-8-5-2)65-79-82(75,76)78-64-66(62-71)80-69(73)60-57-54-51-48-45-42-39-35-30-27-24-21-18-15-12-9-6-3/h8,11,16-17,19-20,25-26,28-29,33-34,36-37,43,46,66-67,71H,4-7,9-10,12-15,18,21-24,27,30-32,35,38-42,44-45,47-65H2,1-3H3,(H,75,76)/b11-8-,19-16-,20-17-,28-25-,29-26-,36-33-,37-34-,46-43-. The van der Waals surface area contributed by atoms with Gasteiger partial charge in [0.2, 0.25) is 0 Å². The molecule has 3 atom stereocenters. The second-order valence-electron chi connectivity index (χ2n) is 21.9. The molecule has 0 spiro atoms. The molecule has 0 aliphatic heterocycles. The van der Waals surface area contributed by atoms with Crippen LogP contribution in [0.25, 0.3) is 0 Å². The molecule has 11 nitrogen and oxygen atoms in total. The van der Waals surface area contributed by atoms with Crippen molar-refractivity contribution in [3.05, 3.63) is 97.2 Å². The number of phosphoric ester groups is 1. The SMILES string of the molecule is CC/C=C\C/C=C\C/C=C\C/C=C\C/C=C\CCCCCC(=O)OC(COC(=O)CCCCCCCC/C=C\C/C=C\C/C=C\CCCCC)COP(=O)(O)OCC(CO)OC(=O)CCCCCCCCCCCCCCCCCCC. The van der Waals surface area contributed by atoms with Gasteiger partial charge in [-0.1, -0.05) is 266 Å². The van der Waals surface area contributed by atoms with Crippen molar-refractivity contribution in [2.24, 2.45) is 0 Å². The Labute approximate surface area is 502 Å². The van der Waals surface area contributed by atoms with Crippen LogP contribution in [0.3, 0.4) is 0 Å². The third-order valence-corrected chi connectivity index (χ3v) is 14.9. The predicted octanol–water partition coefficient (Wildman–Crippen LogP) is 20.4. The minimum Gasteiger partial charge on any atom is -0.462 e. The number of hydrogen-bond donors (Lipinski definition) is 2. The number of hydrogen-bond acceptors (Lipinski definition) is 10. The lowest BCUT2D eigenvalue weighted by molar-refractivity contribution is -0.161. The van der Waals surface area contributed by atoms with Gasteiger partial charge >= 0.3 is 25.7 Å². The minimum atomic E-state index is -4.77. The molecule has 0 aliphatic rings. The summed E-state index contributed by atoms with van der Waals surface area (Å²) in [6.07, 6.45) is 76.4. The Kier molecular flexibility index (Phi) is 60.6. The third-order valence-electron chi connectivity index (χ3n) is 14.0. The van der Waals surface area contributed by atoms with Crippen LogP contribution in [-0.2, 0) is 42.2 Å². The highest BCUT2D eigenvalue weighted by atomic mass is 31.2. The molecular weight excluding hydrogens is 1050 g/mol. The molecule has 82 heavy (non-hydrogen) atoms. The summed E-state index contributed by atoms with van der Waals surface area (Å²) in [7, 11) is -4.77. The summed E-state index contributed by atoms with van der Waals surface area (Å²) in [6.45, 7) is 4.49. The van der Waals surface area contributed by atoms with E-state index in [1.165, 1.54) is 109 Å². The van der Waals surface area contributed by atoms with Crippen molar-refractivity contribution < 1.29 is 52.2 Å². The van der Waals surface area contributed by atoms with E-state index in [0.29, 0.717) is 19.3 Å². The summed E-state index contributed by atoms with van der Waals surface area (Å²) in [5.74, 6) is -1.51. The lowest BCUT2D eigenvalue weighted by Crippen LogP contribution is -2.30. The molecule has 0 saturated heterocycles. The number of phosphoric acid groups is 1. The van der Waals surface area contributed by atoms with Crippen molar-refractivity contribution in [3.8, 4) is 0 Å². The maximum absolute atomic E-state index is 13.0. The normalized spacial score (nSPS) is 13.9. The zero-order chi connectivity index (χ0) is 59.8. The Morgan fingerprint density at radius 2 is 0.634 bits per heavy atom. The number of allylic oxidation sites excluding steroid dienone is 16. The number of carbonyl (C=O) groups is 3. The Bertz CT molecular complexity index is 1750. The molecule has 0 amide bonds. The summed E-state index contributed by atoms with van der Waals surface area (Å²) in [5, 5.41) is 9.87. The summed E-state index contributed by atoms with van der Waals surface area (Å²) < 4.78 is 39.7. The fourth-order valence-corrected chi connectivity index (χ4v) is 9.76. The van der Waals surface area contributed by atoms with Crippen molar-refractivity contribution in [3.63, 3.8) is 0 Å². The quantitative estimate of drug-likeness (QED) is 0.0197. The molecule has 0 aromatic heterocycles. The highest BCUT2D eigenvalue weighted by Gasteiger charge is 2.28. The van der Waals surface area contributed by atoms with E-state index in [1.807, 2.05) is 0 Å². The van der Waals surface area contributed by atoms with Crippen molar-refractivity contribution >= 4 is 25.7 Å². The molecule has 3 unspecified atom stereocenters. The topological polar surface area (TPSA) is 155 Å². The average molecular weight is 1170 g/mol. The van der Waals surface area contributed by atoms with E-state index in [4.69, 9.17) is 23.3 Å². The summed E-state index contributed by atoms with van der Waals surface area (Å²) in [5.41, 5.74) is 0. The highest BCUT2D eigenvalue weighted by molar-refractivity contribution is 7.47. The molecule has 0 aromatic rings. The fourth-order valence-electron chi connectivity index (χ4n) is 8.98. The molecule has 0 saturated carbocycles. The molecule has 0 aromatic carbocycles. The molecule has 0 heterocycles. The Hall–Kier alpha value is -3.60. The number of rotatable bonds is 61. The number of aliphatic hydroxyl groups excluding tert-OH is 1. The van der Waals surface area contributed by atoms with Crippen LogP contribution >= 0.6 is 7.82 Å². The maximum Gasteiger partial charge on any atom is 0.472 e. The first kappa shape index (κ1) is 78.4. The number of carbonyl (C=O) groups excluding carboxylic acids is 3. The van der Waals surface area contributed by atoms with Gasteiger partial charge in [-0.25, -0.2) is 4.57 Å². The highest BCUT2D eigenvalue weighted by Crippen LogP contribution is 2.43. The van der Waals surface area contributed by atoms with Gasteiger partial charge in [0.05, 0.1) is 19.8 Å². The number of unbranched alkanes of at least 4 members (excludes halogenated alkanes) is 28. The van der Waals surface area contributed by atoms with Crippen LogP contribution in [0.15, 0.2) is 97.2 Å². The number of esters is 3. The maximum atomic E-state index is 13.0. The van der Waals surface area contributed by atoms with E-state index in [9.17, 15) is 28.9 Å². The molecule has 0 bridgehead atoms. The van der Waals surface area contributed by atoms with Crippen molar-refractivity contribution in [1.82, 2.24) is 0 Å². The van der Waals surface area contributed by atoms with Gasteiger partial charge in [0.15, 0.2) is 6.10 Å². The summed E-state index contributed by atoms with van der Waals surface area (Å²) in [4.78, 5) is 48.8. The Balaban J connectivity index is 4.77. The molecule has 0 radical (unpaired) electrons. The second kappa shape index (κ2) is 63.4. The first-order valence-corrected chi connectivity index (χ1v) is 34.6. The smallest absolute Gasteiger partial charge is 0.462 e. The first-order chi connectivity index (χ1) is 40.2. The predicted molar refractivity (Wildman–Crippen MR) is 344 cm³/mol. The van der Waals surface area contributed by atoms with E-state index in [2.05, 4.69) is 118 Å². The molecule has 0 rings (SSSR count). The second-order valence-corrected chi connectivity index (χ2v) is 23.4. The van der Waals surface area contributed by atoms with Crippen LogP contribution in [0.5, 0.6) is 0 Å². The van der Waals surface area contributed by atoms with Crippen molar-refractivity contribution in [2.75, 3.05) is 26.4 Å². The lowest BCUT2D eigenvalue weighted by Gasteiger charge is -2.21. The van der Waals surface area contributed by atoms with Crippen LogP contribution in [0, 0.1) is 0 Å². The minimum absolute atomic E-state index is 0.122. The molecule has 12 heteroatoms. The average Bonchev–Trinajstić information content (AvgIpc) is 3.50. The van der Waals surface area contributed by atoms with Gasteiger partial charge in [0.25, 0.3) is 0 Å². The zero-order valence-electron chi connectivity index (χ0n) is 52.4. The third kappa shape index (κ3) is 61.0. The van der Waals surface area contributed by atoms with E-state index in [1.54, 1.807) is 0 Å². The van der Waals surface area contributed by atoms with Gasteiger partial charge in [-0.05, 0) is 103 Å². The summed E-state index contributed by atoms with van der Waals surface area (Å²) >= 11 is 0. The van der Waals surface area contributed by atoms with Crippen LogP contribution < -0.4 is 0 Å². The van der Waals surface area contributed by atoms with E-state index in [-0.39, 0.29) is 25.9 Å². The van der Waals surface area contributed by atoms with Gasteiger partial charge < -0.3 is 24.2 Å². The van der Waals surface area contributed by atoms with E-state index < -0.39 is 57.8 Å². The monoisotopic (exact) mass is 1170 g/mol. The van der Waals surface area contributed by atoms with Gasteiger partial charge in [-0.2, -0.15) is 0 Å². The zero-order valence-corrected chi connectivity index (χ0v) is 53.3. The van der Waals surface area contributed by atoms with Gasteiger partial charge in [-0.3, -0.25) is 23.4 Å². The van der Waals surface area contributed by atoms with Crippen LogP contribution in [-0.4, -0.2) is 66.5 Å². The van der Waals surface area contributed by atoms with Gasteiger partial charge in [0.1, 0.15) is 12.7 Å². The fraction of sp³-hybridized carbons (Fsp3) is 0.729. The van der Waals surface area contributed by atoms with Gasteiger partial charge in [-0.15, -0.1) is 0 Å². The van der Waals surface area contributed by atoms with Crippen molar-refractivity contribution in [1.29, 1.82) is 0 Å². The Morgan fingerprint density at radius 3 is 1.01 bits per heavy atom. The Morgan fingerprint density at radius 1 is 0.354 bits per heavy atom. The van der Waals surface area contributed by atoms with Crippen molar-refractivity contribution in [2.45, 2.75) is 303 Å². The summed E-state index contributed by atoms with van der Waals surface area (Å²) in [6, 6.07) is 0. The lowest BCUT2D eigenvalue weighted by atomic mass is 10.0. The van der Waals surface area contributed by atoms with Crippen LogP contribution in [0.2, 0.25) is 0 Å². The molecule has 2 N–H and O–H groups in total. The van der Waals surface area contributed by atoms with E-state index >= 15 is 0 Å².